The molecule has 3 aliphatic rings. The third-order valence-corrected chi connectivity index (χ3v) is 7.54. The van der Waals surface area contributed by atoms with Crippen molar-refractivity contribution in [1.29, 1.82) is 0 Å². The summed E-state index contributed by atoms with van der Waals surface area (Å²) in [6.45, 7) is 0. The van der Waals surface area contributed by atoms with E-state index < -0.39 is 0 Å². The van der Waals surface area contributed by atoms with Crippen LogP contribution < -0.4 is 10.6 Å². The van der Waals surface area contributed by atoms with Gasteiger partial charge in [0.05, 0.1) is 6.04 Å². The van der Waals surface area contributed by atoms with E-state index in [-0.39, 0.29) is 5.91 Å². The Labute approximate surface area is 177 Å². The predicted octanol–water partition coefficient (Wildman–Crippen LogP) is 6.24. The zero-order valence-electron chi connectivity index (χ0n) is 16.9. The highest BCUT2D eigenvalue weighted by Crippen LogP contribution is 2.63. The minimum atomic E-state index is -0.0334. The molecule has 3 heteroatoms. The molecule has 1 aliphatic heterocycles. The topological polar surface area (TPSA) is 41.1 Å². The molecule has 1 amide bonds. The largest absolute Gasteiger partial charge is 0.378 e. The van der Waals surface area contributed by atoms with Crippen molar-refractivity contribution in [2.75, 3.05) is 10.6 Å². The normalized spacial score (nSPS) is 28.3. The molecule has 30 heavy (non-hydrogen) atoms. The summed E-state index contributed by atoms with van der Waals surface area (Å²) in [5, 5.41) is 6.89. The Hall–Kier alpha value is -3.07. The van der Waals surface area contributed by atoms with Gasteiger partial charge in [-0.25, -0.2) is 0 Å². The van der Waals surface area contributed by atoms with Gasteiger partial charge in [0.25, 0.3) is 5.91 Å². The SMILES string of the molecule is O=C(Nc1ccccc1)c1ccc2c(c1)[C@H]1[C@H]3CC[C@@H](C3)[C@H]1[C@@H](c1ccccc1)N2. The monoisotopic (exact) mass is 394 g/mol. The zero-order valence-corrected chi connectivity index (χ0v) is 16.9. The van der Waals surface area contributed by atoms with Gasteiger partial charge < -0.3 is 10.6 Å². The van der Waals surface area contributed by atoms with Gasteiger partial charge in [-0.15, -0.1) is 0 Å². The molecule has 150 valence electrons. The van der Waals surface area contributed by atoms with Crippen molar-refractivity contribution in [3.63, 3.8) is 0 Å². The van der Waals surface area contributed by atoms with Crippen molar-refractivity contribution in [3.05, 3.63) is 95.6 Å². The Morgan fingerprint density at radius 3 is 2.40 bits per heavy atom. The molecule has 1 heterocycles. The van der Waals surface area contributed by atoms with E-state index >= 15 is 0 Å². The van der Waals surface area contributed by atoms with Gasteiger partial charge in [0.1, 0.15) is 0 Å². The van der Waals surface area contributed by atoms with E-state index in [0.29, 0.717) is 17.9 Å². The second-order valence-electron chi connectivity index (χ2n) is 9.09. The number of para-hydroxylation sites is 1. The van der Waals surface area contributed by atoms with Gasteiger partial charge in [0, 0.05) is 16.9 Å². The van der Waals surface area contributed by atoms with Crippen LogP contribution in [0.2, 0.25) is 0 Å². The molecule has 0 saturated heterocycles. The second-order valence-corrected chi connectivity index (χ2v) is 9.09. The first-order chi connectivity index (χ1) is 14.8. The van der Waals surface area contributed by atoms with Crippen LogP contribution in [0.3, 0.4) is 0 Å². The fourth-order valence-electron chi connectivity index (χ4n) is 6.34. The maximum Gasteiger partial charge on any atom is 0.255 e. The Morgan fingerprint density at radius 2 is 1.60 bits per heavy atom. The predicted molar refractivity (Wildman–Crippen MR) is 121 cm³/mol. The first-order valence-corrected chi connectivity index (χ1v) is 11.1. The number of amides is 1. The summed E-state index contributed by atoms with van der Waals surface area (Å²) in [4.78, 5) is 12.9. The Bertz CT molecular complexity index is 1080. The lowest BCUT2D eigenvalue weighted by atomic mass is 9.68. The highest BCUT2D eigenvalue weighted by molar-refractivity contribution is 6.04. The molecule has 5 atom stereocenters. The first kappa shape index (κ1) is 17.8. The molecule has 0 aromatic heterocycles. The van der Waals surface area contributed by atoms with Crippen molar-refractivity contribution in [2.45, 2.75) is 31.2 Å². The van der Waals surface area contributed by atoms with E-state index in [9.17, 15) is 4.79 Å². The number of nitrogens with one attached hydrogen (secondary N) is 2. The smallest absolute Gasteiger partial charge is 0.255 e. The van der Waals surface area contributed by atoms with E-state index in [4.69, 9.17) is 0 Å². The van der Waals surface area contributed by atoms with Gasteiger partial charge in [-0.2, -0.15) is 0 Å². The summed E-state index contributed by atoms with van der Waals surface area (Å²) in [5.74, 6) is 2.67. The number of carbonyl (C=O) groups is 1. The summed E-state index contributed by atoms with van der Waals surface area (Å²) in [6.07, 6.45) is 4.01. The van der Waals surface area contributed by atoms with Crippen LogP contribution in [0.1, 0.15) is 52.7 Å². The highest BCUT2D eigenvalue weighted by atomic mass is 16.1. The van der Waals surface area contributed by atoms with Crippen LogP contribution in [0.15, 0.2) is 78.9 Å². The Balaban J connectivity index is 1.36. The molecule has 2 aliphatic carbocycles. The van der Waals surface area contributed by atoms with Crippen molar-refractivity contribution in [1.82, 2.24) is 0 Å². The maximum atomic E-state index is 12.9. The molecule has 0 unspecified atom stereocenters. The molecule has 2 saturated carbocycles. The summed E-state index contributed by atoms with van der Waals surface area (Å²) < 4.78 is 0. The molecule has 0 spiro atoms. The van der Waals surface area contributed by atoms with E-state index in [1.54, 1.807) is 0 Å². The quantitative estimate of drug-likeness (QED) is 0.552. The van der Waals surface area contributed by atoms with E-state index in [0.717, 1.165) is 23.1 Å². The molecule has 0 radical (unpaired) electrons. The number of hydrogen-bond donors (Lipinski definition) is 2. The third kappa shape index (κ3) is 2.84. The van der Waals surface area contributed by atoms with Gasteiger partial charge in [0.2, 0.25) is 0 Å². The van der Waals surface area contributed by atoms with Gasteiger partial charge in [0.15, 0.2) is 0 Å². The van der Waals surface area contributed by atoms with Crippen LogP contribution >= 0.6 is 0 Å². The van der Waals surface area contributed by atoms with E-state index in [1.165, 1.54) is 36.1 Å². The lowest BCUT2D eigenvalue weighted by molar-refractivity contribution is 0.102. The molecule has 2 fully saturated rings. The molecular weight excluding hydrogens is 368 g/mol. The molecule has 3 aromatic rings. The second kappa shape index (κ2) is 7.02. The molecular formula is C27H26N2O. The van der Waals surface area contributed by atoms with E-state index in [1.807, 2.05) is 36.4 Å². The number of anilines is 2. The summed E-state index contributed by atoms with van der Waals surface area (Å²) in [5.41, 5.74) is 5.52. The van der Waals surface area contributed by atoms with Crippen LogP contribution in [0.4, 0.5) is 11.4 Å². The molecule has 3 nitrogen and oxygen atoms in total. The van der Waals surface area contributed by atoms with Gasteiger partial charge in [-0.1, -0.05) is 48.5 Å². The number of hydrogen-bond acceptors (Lipinski definition) is 2. The van der Waals surface area contributed by atoms with Crippen LogP contribution in [0.5, 0.6) is 0 Å². The first-order valence-electron chi connectivity index (χ1n) is 11.1. The van der Waals surface area contributed by atoms with Crippen molar-refractivity contribution in [2.24, 2.45) is 17.8 Å². The Morgan fingerprint density at radius 1 is 0.867 bits per heavy atom. The Kier molecular flexibility index (Phi) is 4.15. The standard InChI is InChI=1S/C27H26N2O/c30-27(28-21-9-5-2-6-10-21)20-13-14-23-22(16-20)24-18-11-12-19(15-18)25(24)26(29-23)17-7-3-1-4-8-17/h1-10,13-14,16,18-19,24-26,29H,11-12,15H2,(H,28,30)/t18-,19-,24+,25+,26+/m0/s1. The van der Waals surface area contributed by atoms with Crippen LogP contribution in [-0.4, -0.2) is 5.91 Å². The molecule has 3 aromatic carbocycles. The molecule has 2 N–H and O–H groups in total. The number of rotatable bonds is 3. The fraction of sp³-hybridized carbons (Fsp3) is 0.296. The fourth-order valence-corrected chi connectivity index (χ4v) is 6.34. The van der Waals surface area contributed by atoms with Crippen molar-refractivity contribution in [3.8, 4) is 0 Å². The van der Waals surface area contributed by atoms with Crippen LogP contribution in [0, 0.1) is 17.8 Å². The van der Waals surface area contributed by atoms with Crippen molar-refractivity contribution >= 4 is 17.3 Å². The number of benzene rings is 3. The summed E-state index contributed by atoms with van der Waals surface area (Å²) in [7, 11) is 0. The average molecular weight is 395 g/mol. The highest BCUT2D eigenvalue weighted by Gasteiger charge is 2.53. The molecule has 6 rings (SSSR count). The summed E-state index contributed by atoms with van der Waals surface area (Å²) >= 11 is 0. The van der Waals surface area contributed by atoms with E-state index in [2.05, 4.69) is 53.1 Å². The third-order valence-electron chi connectivity index (χ3n) is 7.54. The number of fused-ring (bicyclic) bond motifs is 7. The minimum Gasteiger partial charge on any atom is -0.378 e. The minimum absolute atomic E-state index is 0.0334. The lowest BCUT2D eigenvalue weighted by Gasteiger charge is -2.43. The maximum absolute atomic E-state index is 12.9. The van der Waals surface area contributed by atoms with Gasteiger partial charge >= 0.3 is 0 Å². The lowest BCUT2D eigenvalue weighted by Crippen LogP contribution is -2.35. The van der Waals surface area contributed by atoms with Crippen molar-refractivity contribution < 1.29 is 4.79 Å². The zero-order chi connectivity index (χ0) is 20.1. The van der Waals surface area contributed by atoms with Crippen LogP contribution in [-0.2, 0) is 0 Å². The molecule has 2 bridgehead atoms. The van der Waals surface area contributed by atoms with Gasteiger partial charge in [-0.05, 0) is 84.4 Å². The number of carbonyl (C=O) groups excluding carboxylic acids is 1. The summed E-state index contributed by atoms with van der Waals surface area (Å²) in [6, 6.07) is 27.2. The average Bonchev–Trinajstić information content (AvgIpc) is 3.42. The van der Waals surface area contributed by atoms with Gasteiger partial charge in [-0.3, -0.25) is 4.79 Å². The van der Waals surface area contributed by atoms with Crippen LogP contribution in [0.25, 0.3) is 0 Å².